The minimum absolute atomic E-state index is 0.147. The summed E-state index contributed by atoms with van der Waals surface area (Å²) in [7, 11) is 0. The predicted octanol–water partition coefficient (Wildman–Crippen LogP) is 2.33. The smallest absolute Gasteiger partial charge is 0.253 e. The molecular weight excluding hydrogens is 314 g/mol. The van der Waals surface area contributed by atoms with Crippen LogP contribution in [0.15, 0.2) is 18.2 Å². The Morgan fingerprint density at radius 2 is 2.00 bits per heavy atom. The number of carbonyl (C=O) groups is 1. The Labute approximate surface area is 148 Å². The summed E-state index contributed by atoms with van der Waals surface area (Å²) in [5, 5.41) is 11.6. The molecule has 5 heteroatoms. The van der Waals surface area contributed by atoms with Crippen molar-refractivity contribution in [2.45, 2.75) is 47.0 Å². The number of phenols is 1. The van der Waals surface area contributed by atoms with Gasteiger partial charge in [0.05, 0.1) is 16.6 Å². The summed E-state index contributed by atoms with van der Waals surface area (Å²) in [6.45, 7) is 8.11. The van der Waals surface area contributed by atoms with Crippen LogP contribution in [0.25, 0.3) is 17.3 Å². The largest absolute Gasteiger partial charge is 0.508 e. The van der Waals surface area contributed by atoms with E-state index in [4.69, 9.17) is 11.5 Å². The first kappa shape index (κ1) is 18.6. The van der Waals surface area contributed by atoms with Crippen molar-refractivity contribution >= 4 is 23.4 Å². The molecule has 1 aromatic heterocycles. The summed E-state index contributed by atoms with van der Waals surface area (Å²) in [5.74, 6) is -0.0820. The Balaban J connectivity index is 3.09. The number of phenolic OH excluding ortho intramolecular Hbond substituents is 1. The average molecular weight is 341 g/mol. The van der Waals surface area contributed by atoms with Crippen molar-refractivity contribution < 1.29 is 9.90 Å². The second kappa shape index (κ2) is 7.47. The van der Waals surface area contributed by atoms with Gasteiger partial charge in [0.2, 0.25) is 0 Å². The second-order valence-electron chi connectivity index (χ2n) is 6.32. The van der Waals surface area contributed by atoms with Crippen LogP contribution >= 0.6 is 0 Å². The molecule has 134 valence electrons. The molecule has 0 spiro atoms. The van der Waals surface area contributed by atoms with Crippen molar-refractivity contribution in [3.05, 3.63) is 39.9 Å². The standard InChI is InChI=1S/C20H27N3O2/c1-5-7-8-15-17(20(22)25)19(21)23(18(15)12(3)6-2)16-11-14(24)10-9-13(16)4/h8-11,24H,5-7,21H2,1-4H3,(H2,22,25)/b15-8-,18-12?. The number of hydrogen-bond acceptors (Lipinski definition) is 3. The van der Waals surface area contributed by atoms with Crippen LogP contribution in [0.4, 0.5) is 5.82 Å². The van der Waals surface area contributed by atoms with E-state index in [9.17, 15) is 9.90 Å². The normalized spacial score (nSPS) is 13.2. The van der Waals surface area contributed by atoms with E-state index in [2.05, 4.69) is 13.8 Å². The number of nitrogens with zero attached hydrogens (tertiary/aromatic N) is 1. The molecule has 2 rings (SSSR count). The molecule has 0 saturated heterocycles. The van der Waals surface area contributed by atoms with E-state index < -0.39 is 5.91 Å². The molecule has 0 fully saturated rings. The highest BCUT2D eigenvalue weighted by molar-refractivity contribution is 5.98. The molecule has 0 unspecified atom stereocenters. The molecule has 0 aliphatic carbocycles. The van der Waals surface area contributed by atoms with Gasteiger partial charge in [-0.25, -0.2) is 0 Å². The number of nitrogens with two attached hydrogens (primary N) is 2. The van der Waals surface area contributed by atoms with E-state index in [0.29, 0.717) is 11.4 Å². The maximum atomic E-state index is 12.1. The Hall–Kier alpha value is -2.69. The van der Waals surface area contributed by atoms with Crippen molar-refractivity contribution in [3.63, 3.8) is 0 Å². The zero-order valence-electron chi connectivity index (χ0n) is 15.4. The van der Waals surface area contributed by atoms with Crippen molar-refractivity contribution in [2.24, 2.45) is 5.73 Å². The van der Waals surface area contributed by atoms with Crippen LogP contribution in [0.2, 0.25) is 0 Å². The van der Waals surface area contributed by atoms with E-state index >= 15 is 0 Å². The van der Waals surface area contributed by atoms with Gasteiger partial charge in [-0.3, -0.25) is 9.36 Å². The van der Waals surface area contributed by atoms with Crippen molar-refractivity contribution in [1.29, 1.82) is 0 Å². The summed E-state index contributed by atoms with van der Waals surface area (Å²) in [6, 6.07) is 5.12. The van der Waals surface area contributed by atoms with Crippen molar-refractivity contribution in [3.8, 4) is 11.4 Å². The van der Waals surface area contributed by atoms with Gasteiger partial charge in [0.15, 0.2) is 0 Å². The van der Waals surface area contributed by atoms with Crippen LogP contribution < -0.4 is 22.0 Å². The zero-order chi connectivity index (χ0) is 18.7. The second-order valence-corrected chi connectivity index (χ2v) is 6.32. The van der Waals surface area contributed by atoms with Crippen LogP contribution in [-0.4, -0.2) is 15.6 Å². The third-order valence-electron chi connectivity index (χ3n) is 4.50. The van der Waals surface area contributed by atoms with Gasteiger partial charge in [-0.1, -0.05) is 32.4 Å². The van der Waals surface area contributed by atoms with Gasteiger partial charge in [0, 0.05) is 11.3 Å². The van der Waals surface area contributed by atoms with Crippen LogP contribution in [0, 0.1) is 6.92 Å². The number of anilines is 1. The SMILES string of the molecule is CCC/C=c1/c(C(N)=O)c(N)n(-c2cc(O)ccc2C)c1=C(C)CC. The molecule has 1 aromatic carbocycles. The Kier molecular flexibility index (Phi) is 5.57. The van der Waals surface area contributed by atoms with E-state index in [1.165, 1.54) is 0 Å². The van der Waals surface area contributed by atoms with Gasteiger partial charge in [-0.15, -0.1) is 0 Å². The van der Waals surface area contributed by atoms with Gasteiger partial charge in [-0.05, 0) is 43.9 Å². The lowest BCUT2D eigenvalue weighted by Crippen LogP contribution is -2.34. The highest BCUT2D eigenvalue weighted by Gasteiger charge is 2.20. The molecule has 2 aromatic rings. The molecular formula is C20H27N3O2. The van der Waals surface area contributed by atoms with E-state index in [-0.39, 0.29) is 5.75 Å². The molecule has 1 heterocycles. The number of carbonyl (C=O) groups excluding carboxylic acids is 1. The van der Waals surface area contributed by atoms with Crippen molar-refractivity contribution in [1.82, 2.24) is 4.57 Å². The molecule has 5 N–H and O–H groups in total. The highest BCUT2D eigenvalue weighted by atomic mass is 16.3. The quantitative estimate of drug-likeness (QED) is 0.779. The molecule has 0 radical (unpaired) electrons. The fourth-order valence-electron chi connectivity index (χ4n) is 3.03. The Morgan fingerprint density at radius 1 is 1.32 bits per heavy atom. The lowest BCUT2D eigenvalue weighted by Gasteiger charge is -2.12. The summed E-state index contributed by atoms with van der Waals surface area (Å²) in [5.41, 5.74) is 15.2. The minimum atomic E-state index is -0.540. The number of primary amides is 1. The number of nitrogen functional groups attached to an aromatic ring is 1. The van der Waals surface area contributed by atoms with E-state index in [1.54, 1.807) is 12.1 Å². The van der Waals surface area contributed by atoms with Gasteiger partial charge in [0.25, 0.3) is 5.91 Å². The van der Waals surface area contributed by atoms with E-state index in [1.807, 2.05) is 30.6 Å². The number of amides is 1. The number of aromatic hydroxyl groups is 1. The van der Waals surface area contributed by atoms with Gasteiger partial charge >= 0.3 is 0 Å². The number of aryl methyl sites for hydroxylation is 1. The van der Waals surface area contributed by atoms with Crippen LogP contribution in [-0.2, 0) is 0 Å². The lowest BCUT2D eigenvalue weighted by molar-refractivity contribution is 0.100. The van der Waals surface area contributed by atoms with Gasteiger partial charge in [0.1, 0.15) is 11.6 Å². The monoisotopic (exact) mass is 341 g/mol. The highest BCUT2D eigenvalue weighted by Crippen LogP contribution is 2.22. The van der Waals surface area contributed by atoms with E-state index in [0.717, 1.165) is 46.7 Å². The molecule has 1 amide bonds. The average Bonchev–Trinajstić information content (AvgIpc) is 2.86. The number of hydrogen-bond donors (Lipinski definition) is 3. The predicted molar refractivity (Wildman–Crippen MR) is 103 cm³/mol. The zero-order valence-corrected chi connectivity index (χ0v) is 15.4. The molecule has 0 aliphatic heterocycles. The first-order valence-electron chi connectivity index (χ1n) is 8.63. The Morgan fingerprint density at radius 3 is 2.56 bits per heavy atom. The molecule has 0 saturated carbocycles. The molecule has 0 bridgehead atoms. The van der Waals surface area contributed by atoms with Crippen molar-refractivity contribution in [2.75, 3.05) is 5.73 Å². The summed E-state index contributed by atoms with van der Waals surface area (Å²) < 4.78 is 1.84. The Bertz CT molecular complexity index is 923. The first-order valence-corrected chi connectivity index (χ1v) is 8.63. The first-order chi connectivity index (χ1) is 11.8. The number of unbranched alkanes of at least 4 members (excludes halogenated alkanes) is 1. The number of benzene rings is 1. The maximum absolute atomic E-state index is 12.1. The fraction of sp³-hybridized carbons (Fsp3) is 0.350. The summed E-state index contributed by atoms with van der Waals surface area (Å²) in [6.07, 6.45) is 4.62. The topological polar surface area (TPSA) is 94.3 Å². The fourth-order valence-corrected chi connectivity index (χ4v) is 3.03. The summed E-state index contributed by atoms with van der Waals surface area (Å²) >= 11 is 0. The van der Waals surface area contributed by atoms with Crippen LogP contribution in [0.5, 0.6) is 5.75 Å². The maximum Gasteiger partial charge on any atom is 0.253 e. The number of rotatable bonds is 5. The lowest BCUT2D eigenvalue weighted by atomic mass is 10.1. The molecule has 25 heavy (non-hydrogen) atoms. The third-order valence-corrected chi connectivity index (χ3v) is 4.50. The molecule has 0 aliphatic rings. The number of aromatic nitrogens is 1. The van der Waals surface area contributed by atoms with Gasteiger partial charge in [-0.2, -0.15) is 0 Å². The van der Waals surface area contributed by atoms with Gasteiger partial charge < -0.3 is 16.6 Å². The minimum Gasteiger partial charge on any atom is -0.508 e. The summed E-state index contributed by atoms with van der Waals surface area (Å²) in [4.78, 5) is 12.1. The molecule has 0 atom stereocenters. The van der Waals surface area contributed by atoms with Crippen LogP contribution in [0.3, 0.4) is 0 Å². The third kappa shape index (κ3) is 3.40. The van der Waals surface area contributed by atoms with Crippen LogP contribution in [0.1, 0.15) is 56.0 Å². The molecule has 5 nitrogen and oxygen atoms in total.